The van der Waals surface area contributed by atoms with Crippen molar-refractivity contribution >= 4 is 10.9 Å². The Hall–Kier alpha value is -1.35. The topological polar surface area (TPSA) is 27.8 Å². The lowest BCUT2D eigenvalue weighted by molar-refractivity contribution is 0.640. The lowest BCUT2D eigenvalue weighted by Gasteiger charge is -2.03. The number of hydrogen-bond donors (Lipinski definition) is 2. The summed E-state index contributed by atoms with van der Waals surface area (Å²) in [7, 11) is 0. The molecule has 1 aliphatic heterocycles. The third kappa shape index (κ3) is 1.43. The van der Waals surface area contributed by atoms with Crippen molar-refractivity contribution in [2.75, 3.05) is 13.1 Å². The average molecular weight is 204 g/mol. The van der Waals surface area contributed by atoms with E-state index in [1.807, 2.05) is 12.1 Å². The standard InChI is InChI=1S/C12H13FN2/c13-10-2-1-3-11-9(10)6-12(15-11)8-4-5-14-7-8/h1-3,6,8,14-15H,4-5,7H2. The second-order valence-corrected chi connectivity index (χ2v) is 4.12. The molecule has 0 spiro atoms. The van der Waals surface area contributed by atoms with Crippen LogP contribution in [0.15, 0.2) is 24.3 Å². The monoisotopic (exact) mass is 204 g/mol. The van der Waals surface area contributed by atoms with Gasteiger partial charge in [-0.25, -0.2) is 4.39 Å². The molecule has 2 heterocycles. The van der Waals surface area contributed by atoms with Crippen LogP contribution in [0.3, 0.4) is 0 Å². The molecule has 3 rings (SSSR count). The molecule has 0 radical (unpaired) electrons. The lowest BCUT2D eigenvalue weighted by atomic mass is 10.1. The number of nitrogens with one attached hydrogen (secondary N) is 2. The van der Waals surface area contributed by atoms with Gasteiger partial charge in [-0.15, -0.1) is 0 Å². The van der Waals surface area contributed by atoms with Crippen LogP contribution >= 0.6 is 0 Å². The van der Waals surface area contributed by atoms with Crippen molar-refractivity contribution in [3.05, 3.63) is 35.8 Å². The molecule has 2 N–H and O–H groups in total. The van der Waals surface area contributed by atoms with Gasteiger partial charge in [-0.3, -0.25) is 0 Å². The molecule has 0 saturated carbocycles. The third-order valence-corrected chi connectivity index (χ3v) is 3.13. The molecule has 3 heteroatoms. The Labute approximate surface area is 87.5 Å². The molecule has 1 aromatic carbocycles. The van der Waals surface area contributed by atoms with Crippen molar-refractivity contribution in [1.29, 1.82) is 0 Å². The first-order chi connectivity index (χ1) is 7.34. The van der Waals surface area contributed by atoms with Gasteiger partial charge in [-0.1, -0.05) is 6.07 Å². The van der Waals surface area contributed by atoms with E-state index >= 15 is 0 Å². The second-order valence-electron chi connectivity index (χ2n) is 4.12. The lowest BCUT2D eigenvalue weighted by Crippen LogP contribution is -2.07. The summed E-state index contributed by atoms with van der Waals surface area (Å²) in [5, 5.41) is 4.02. The summed E-state index contributed by atoms with van der Waals surface area (Å²) in [6.07, 6.45) is 1.13. The highest BCUT2D eigenvalue weighted by Crippen LogP contribution is 2.26. The number of fused-ring (bicyclic) bond motifs is 1. The first kappa shape index (κ1) is 8.92. The number of aromatic nitrogens is 1. The molecule has 1 saturated heterocycles. The zero-order valence-electron chi connectivity index (χ0n) is 8.39. The van der Waals surface area contributed by atoms with Crippen molar-refractivity contribution in [3.8, 4) is 0 Å². The van der Waals surface area contributed by atoms with Gasteiger partial charge >= 0.3 is 0 Å². The van der Waals surface area contributed by atoms with E-state index in [9.17, 15) is 4.39 Å². The van der Waals surface area contributed by atoms with Crippen molar-refractivity contribution in [3.63, 3.8) is 0 Å². The average Bonchev–Trinajstić information content (AvgIpc) is 2.86. The molecular weight excluding hydrogens is 191 g/mol. The number of benzene rings is 1. The van der Waals surface area contributed by atoms with Crippen molar-refractivity contribution in [2.45, 2.75) is 12.3 Å². The maximum atomic E-state index is 13.5. The van der Waals surface area contributed by atoms with Crippen LogP contribution < -0.4 is 5.32 Å². The SMILES string of the molecule is Fc1cccc2[nH]c(C3CCNC3)cc12. The van der Waals surface area contributed by atoms with Gasteiger partial charge in [0.15, 0.2) is 0 Å². The number of halogens is 1. The van der Waals surface area contributed by atoms with Crippen LogP contribution in [0.1, 0.15) is 18.0 Å². The minimum absolute atomic E-state index is 0.138. The van der Waals surface area contributed by atoms with Crippen LogP contribution in [-0.2, 0) is 0 Å². The normalized spacial score (nSPS) is 21.3. The van der Waals surface area contributed by atoms with Gasteiger partial charge in [-0.2, -0.15) is 0 Å². The number of hydrogen-bond acceptors (Lipinski definition) is 1. The summed E-state index contributed by atoms with van der Waals surface area (Å²) in [6.45, 7) is 2.05. The fraction of sp³-hybridized carbons (Fsp3) is 0.333. The molecule has 1 atom stereocenters. The van der Waals surface area contributed by atoms with E-state index in [1.54, 1.807) is 6.07 Å². The zero-order valence-corrected chi connectivity index (χ0v) is 8.39. The van der Waals surface area contributed by atoms with Crippen LogP contribution in [0.4, 0.5) is 4.39 Å². The first-order valence-electron chi connectivity index (χ1n) is 5.32. The van der Waals surface area contributed by atoms with Crippen LogP contribution in [0.2, 0.25) is 0 Å². The minimum Gasteiger partial charge on any atom is -0.358 e. The van der Waals surface area contributed by atoms with E-state index in [0.717, 1.165) is 30.7 Å². The molecule has 1 fully saturated rings. The quantitative estimate of drug-likeness (QED) is 0.733. The van der Waals surface area contributed by atoms with Crippen LogP contribution in [0, 0.1) is 5.82 Å². The van der Waals surface area contributed by atoms with E-state index in [2.05, 4.69) is 10.3 Å². The molecule has 2 nitrogen and oxygen atoms in total. The van der Waals surface area contributed by atoms with E-state index in [0.29, 0.717) is 11.3 Å². The maximum Gasteiger partial charge on any atom is 0.132 e. The zero-order chi connectivity index (χ0) is 10.3. The molecule has 1 aliphatic rings. The highest BCUT2D eigenvalue weighted by molar-refractivity contribution is 5.81. The van der Waals surface area contributed by atoms with Crippen molar-refractivity contribution < 1.29 is 4.39 Å². The van der Waals surface area contributed by atoms with E-state index in [1.165, 1.54) is 6.07 Å². The van der Waals surface area contributed by atoms with Crippen LogP contribution in [0.25, 0.3) is 10.9 Å². The van der Waals surface area contributed by atoms with Gasteiger partial charge in [0.2, 0.25) is 0 Å². The molecule has 15 heavy (non-hydrogen) atoms. The number of rotatable bonds is 1. The fourth-order valence-electron chi connectivity index (χ4n) is 2.28. The predicted octanol–water partition coefficient (Wildman–Crippen LogP) is 2.38. The molecule has 0 amide bonds. The molecule has 2 aromatic rings. The van der Waals surface area contributed by atoms with Gasteiger partial charge in [-0.05, 0) is 31.2 Å². The van der Waals surface area contributed by atoms with E-state index < -0.39 is 0 Å². The Balaban J connectivity index is 2.09. The first-order valence-corrected chi connectivity index (χ1v) is 5.32. The Kier molecular flexibility index (Phi) is 1.99. The maximum absolute atomic E-state index is 13.5. The van der Waals surface area contributed by atoms with Crippen LogP contribution in [-0.4, -0.2) is 18.1 Å². The summed E-state index contributed by atoms with van der Waals surface area (Å²) >= 11 is 0. The van der Waals surface area contributed by atoms with Gasteiger partial charge in [0.05, 0.1) is 0 Å². The molecule has 0 aliphatic carbocycles. The highest BCUT2D eigenvalue weighted by atomic mass is 19.1. The predicted molar refractivity (Wildman–Crippen MR) is 58.5 cm³/mol. The molecule has 78 valence electrons. The van der Waals surface area contributed by atoms with E-state index in [-0.39, 0.29) is 5.82 Å². The smallest absolute Gasteiger partial charge is 0.132 e. The Bertz CT molecular complexity index is 483. The summed E-state index contributed by atoms with van der Waals surface area (Å²) in [5.41, 5.74) is 2.05. The summed E-state index contributed by atoms with van der Waals surface area (Å²) < 4.78 is 13.5. The summed E-state index contributed by atoms with van der Waals surface area (Å²) in [5.74, 6) is 0.373. The molecular formula is C12H13FN2. The van der Waals surface area contributed by atoms with Gasteiger partial charge in [0.25, 0.3) is 0 Å². The van der Waals surface area contributed by atoms with E-state index in [4.69, 9.17) is 0 Å². The summed E-state index contributed by atoms with van der Waals surface area (Å²) in [6, 6.07) is 7.12. The Morgan fingerprint density at radius 2 is 2.27 bits per heavy atom. The Morgan fingerprint density at radius 3 is 3.00 bits per heavy atom. The third-order valence-electron chi connectivity index (χ3n) is 3.13. The Morgan fingerprint density at radius 1 is 1.33 bits per heavy atom. The number of H-pyrrole nitrogens is 1. The largest absolute Gasteiger partial charge is 0.358 e. The molecule has 0 bridgehead atoms. The van der Waals surface area contributed by atoms with Gasteiger partial charge < -0.3 is 10.3 Å². The number of aromatic amines is 1. The molecule has 1 aromatic heterocycles. The van der Waals surface area contributed by atoms with Crippen molar-refractivity contribution in [1.82, 2.24) is 10.3 Å². The fourth-order valence-corrected chi connectivity index (χ4v) is 2.28. The van der Waals surface area contributed by atoms with Gasteiger partial charge in [0.1, 0.15) is 5.82 Å². The molecule has 1 unspecified atom stereocenters. The highest BCUT2D eigenvalue weighted by Gasteiger charge is 2.18. The van der Waals surface area contributed by atoms with Crippen LogP contribution in [0.5, 0.6) is 0 Å². The summed E-state index contributed by atoms with van der Waals surface area (Å²) in [4.78, 5) is 3.30. The van der Waals surface area contributed by atoms with Gasteiger partial charge in [0, 0.05) is 29.1 Å². The van der Waals surface area contributed by atoms with Crippen molar-refractivity contribution in [2.24, 2.45) is 0 Å². The second kappa shape index (κ2) is 3.35. The minimum atomic E-state index is -0.138.